The molecule has 200 valence electrons. The molecule has 3 aromatic heterocycles. The molecule has 4 N–H and O–H groups in total. The maximum atomic E-state index is 13.6. The highest BCUT2D eigenvalue weighted by molar-refractivity contribution is 5.95. The highest BCUT2D eigenvalue weighted by atomic mass is 19.1. The van der Waals surface area contributed by atoms with Gasteiger partial charge in [0.1, 0.15) is 12.4 Å². The Bertz CT molecular complexity index is 1470. The summed E-state index contributed by atoms with van der Waals surface area (Å²) in [5.41, 5.74) is 1.59. The van der Waals surface area contributed by atoms with Crippen molar-refractivity contribution in [3.63, 3.8) is 0 Å². The van der Waals surface area contributed by atoms with Crippen molar-refractivity contribution in [3.8, 4) is 22.6 Å². The smallest absolute Gasteiger partial charge is 0.322 e. The number of imidazole rings is 1. The zero-order valence-electron chi connectivity index (χ0n) is 20.7. The van der Waals surface area contributed by atoms with E-state index < -0.39 is 23.5 Å². The molecular weight excluding hydrogens is 509 g/mol. The summed E-state index contributed by atoms with van der Waals surface area (Å²) in [7, 11) is 0. The van der Waals surface area contributed by atoms with Crippen LogP contribution in [0.1, 0.15) is 19.0 Å². The molecule has 1 aromatic carbocycles. The van der Waals surface area contributed by atoms with Gasteiger partial charge in [0.15, 0.2) is 5.82 Å². The number of amides is 1. The van der Waals surface area contributed by atoms with Gasteiger partial charge in [-0.3, -0.25) is 14.6 Å². The van der Waals surface area contributed by atoms with E-state index in [0.29, 0.717) is 34.2 Å². The Morgan fingerprint density at radius 2 is 1.79 bits per heavy atom. The lowest BCUT2D eigenvalue weighted by molar-refractivity contribution is -0.229. The number of halogens is 1. The number of pyridine rings is 1. The number of nitrogens with zero attached hydrogens (tertiary/aromatic N) is 4. The maximum Gasteiger partial charge on any atom is 0.322 e. The third-order valence-corrected chi connectivity index (χ3v) is 5.97. The third kappa shape index (κ3) is 5.89. The summed E-state index contributed by atoms with van der Waals surface area (Å²) < 4.78 is 25.5. The van der Waals surface area contributed by atoms with Gasteiger partial charge in [0, 0.05) is 29.8 Å². The van der Waals surface area contributed by atoms with E-state index in [4.69, 9.17) is 14.6 Å². The van der Waals surface area contributed by atoms with Crippen LogP contribution in [0.2, 0.25) is 0 Å². The van der Waals surface area contributed by atoms with Crippen molar-refractivity contribution in [3.05, 3.63) is 72.7 Å². The number of carbonyl (C=O) groups is 2. The molecule has 13 heteroatoms. The molecule has 4 heterocycles. The molecule has 0 radical (unpaired) electrons. The van der Waals surface area contributed by atoms with E-state index in [1.165, 1.54) is 18.3 Å². The van der Waals surface area contributed by atoms with Gasteiger partial charge < -0.3 is 30.2 Å². The number of aliphatic carboxylic acids is 1. The van der Waals surface area contributed by atoms with Crippen molar-refractivity contribution in [2.75, 3.05) is 30.4 Å². The van der Waals surface area contributed by atoms with Crippen LogP contribution < -0.4 is 10.6 Å². The van der Waals surface area contributed by atoms with Crippen molar-refractivity contribution in [1.82, 2.24) is 24.9 Å². The number of aromatic nitrogens is 5. The Balaban J connectivity index is 1.39. The van der Waals surface area contributed by atoms with Crippen molar-refractivity contribution in [2.45, 2.75) is 13.2 Å². The number of aromatic amines is 1. The number of carboxylic acid groups (broad SMARTS) is 1. The van der Waals surface area contributed by atoms with Crippen molar-refractivity contribution in [1.29, 1.82) is 0 Å². The third-order valence-electron chi connectivity index (χ3n) is 5.97. The minimum absolute atomic E-state index is 0.0628. The topological polar surface area (TPSA) is 164 Å². The van der Waals surface area contributed by atoms with E-state index >= 15 is 0 Å². The molecule has 0 unspecified atom stereocenters. The lowest BCUT2D eigenvalue weighted by atomic mass is 9.91. The molecule has 0 atom stereocenters. The van der Waals surface area contributed by atoms with Crippen LogP contribution in [0.15, 0.2) is 61.1 Å². The van der Waals surface area contributed by atoms with Crippen LogP contribution in [0, 0.1) is 11.2 Å². The second-order valence-corrected chi connectivity index (χ2v) is 9.07. The summed E-state index contributed by atoms with van der Waals surface area (Å²) >= 11 is 0. The Hall–Kier alpha value is -4.75. The van der Waals surface area contributed by atoms with Gasteiger partial charge in [0.05, 0.1) is 35.7 Å². The second kappa shape index (κ2) is 10.9. The Labute approximate surface area is 221 Å². The predicted octanol–water partition coefficient (Wildman–Crippen LogP) is 3.25. The van der Waals surface area contributed by atoms with E-state index in [1.54, 1.807) is 49.6 Å². The highest BCUT2D eigenvalue weighted by Gasteiger charge is 2.41. The largest absolute Gasteiger partial charge is 0.480 e. The number of rotatable bonds is 8. The Morgan fingerprint density at radius 3 is 2.49 bits per heavy atom. The number of carboxylic acids is 1. The normalized spacial score (nSPS) is 18.9. The first kappa shape index (κ1) is 25.9. The second-order valence-electron chi connectivity index (χ2n) is 9.07. The average molecular weight is 534 g/mol. The van der Waals surface area contributed by atoms with Crippen LogP contribution in [0.25, 0.3) is 22.6 Å². The van der Waals surface area contributed by atoms with Gasteiger partial charge in [0.25, 0.3) is 0 Å². The number of hydrogen-bond donors (Lipinski definition) is 4. The number of ether oxygens (including phenoxy) is 2. The van der Waals surface area contributed by atoms with Crippen LogP contribution in [0.5, 0.6) is 0 Å². The van der Waals surface area contributed by atoms with Gasteiger partial charge >= 0.3 is 5.97 Å². The molecule has 0 aliphatic carbocycles. The zero-order chi connectivity index (χ0) is 27.4. The first-order chi connectivity index (χ1) is 18.8. The first-order valence-corrected chi connectivity index (χ1v) is 11.9. The van der Waals surface area contributed by atoms with Crippen LogP contribution in [-0.2, 0) is 19.1 Å². The highest BCUT2D eigenvalue weighted by Crippen LogP contribution is 2.36. The van der Waals surface area contributed by atoms with Gasteiger partial charge in [-0.05, 0) is 49.4 Å². The fourth-order valence-corrected chi connectivity index (χ4v) is 3.86. The molecule has 12 nitrogen and oxygen atoms in total. The summed E-state index contributed by atoms with van der Waals surface area (Å²) in [6.07, 6.45) is 3.73. The Kier molecular flexibility index (Phi) is 7.25. The molecule has 39 heavy (non-hydrogen) atoms. The number of nitrogens with one attached hydrogen (secondary N) is 3. The van der Waals surface area contributed by atoms with Gasteiger partial charge in [-0.2, -0.15) is 0 Å². The number of carbonyl (C=O) groups excluding carboxylic acids is 1. The number of anilines is 2. The molecule has 1 saturated heterocycles. The first-order valence-electron chi connectivity index (χ1n) is 11.9. The van der Waals surface area contributed by atoms with Crippen molar-refractivity contribution in [2.24, 2.45) is 5.41 Å². The summed E-state index contributed by atoms with van der Waals surface area (Å²) in [5, 5.41) is 14.4. The number of benzene rings is 1. The molecule has 5 rings (SSSR count). The molecule has 1 aliphatic heterocycles. The molecule has 0 bridgehead atoms. The van der Waals surface area contributed by atoms with Crippen molar-refractivity contribution < 1.29 is 28.6 Å². The number of H-pyrrole nitrogens is 1. The van der Waals surface area contributed by atoms with Crippen LogP contribution in [0.4, 0.5) is 16.0 Å². The zero-order valence-corrected chi connectivity index (χ0v) is 20.7. The van der Waals surface area contributed by atoms with E-state index in [9.17, 15) is 14.0 Å². The fourth-order valence-electron chi connectivity index (χ4n) is 3.86. The van der Waals surface area contributed by atoms with E-state index in [-0.39, 0.29) is 31.6 Å². The van der Waals surface area contributed by atoms with Crippen LogP contribution in [0.3, 0.4) is 0 Å². The van der Waals surface area contributed by atoms with Gasteiger partial charge in [0.2, 0.25) is 18.1 Å². The molecule has 1 fully saturated rings. The van der Waals surface area contributed by atoms with Crippen LogP contribution >= 0.6 is 0 Å². The van der Waals surface area contributed by atoms with Gasteiger partial charge in [-0.25, -0.2) is 19.3 Å². The molecule has 0 spiro atoms. The quantitative estimate of drug-likeness (QED) is 0.264. The van der Waals surface area contributed by atoms with E-state index in [1.807, 2.05) is 0 Å². The number of hydrogen-bond acceptors (Lipinski definition) is 9. The standard InChI is InChI=1S/C26H24FN7O5/c1-26(24(37)31-17-6-9-28-10-7-17)13-38-23(39-14-26)22-33-20(15-2-4-16(27)5-3-15)21(34-22)18-8-11-29-25(32-18)30-12-19(35)36/h2-11,23H,12-14H2,1H3,(H,33,34)(H,35,36)(H,28,31,37)(H,29,30,32). The van der Waals surface area contributed by atoms with E-state index in [2.05, 4.69) is 35.6 Å². The summed E-state index contributed by atoms with van der Waals surface area (Å²) in [4.78, 5) is 44.1. The predicted molar refractivity (Wildman–Crippen MR) is 137 cm³/mol. The fraction of sp³-hybridized carbons (Fsp3) is 0.231. The van der Waals surface area contributed by atoms with Gasteiger partial charge in [-0.1, -0.05) is 0 Å². The Morgan fingerprint density at radius 1 is 1.08 bits per heavy atom. The maximum absolute atomic E-state index is 13.6. The molecular formula is C26H24FN7O5. The van der Waals surface area contributed by atoms with E-state index in [0.717, 1.165) is 0 Å². The molecule has 1 aliphatic rings. The monoisotopic (exact) mass is 533 g/mol. The summed E-state index contributed by atoms with van der Waals surface area (Å²) in [6.45, 7) is 1.50. The average Bonchev–Trinajstić information content (AvgIpc) is 3.39. The minimum Gasteiger partial charge on any atom is -0.480 e. The summed E-state index contributed by atoms with van der Waals surface area (Å²) in [5.74, 6) is -1.30. The molecule has 1 amide bonds. The SMILES string of the molecule is CC1(C(=O)Nc2ccncc2)COC(c2nc(-c3ccc(F)cc3)c(-c3ccnc(NCC(=O)O)n3)[nH]2)OC1. The molecule has 0 saturated carbocycles. The molecule has 4 aromatic rings. The lowest BCUT2D eigenvalue weighted by Crippen LogP contribution is -2.45. The van der Waals surface area contributed by atoms with Crippen molar-refractivity contribution >= 4 is 23.5 Å². The summed E-state index contributed by atoms with van der Waals surface area (Å²) in [6, 6.07) is 10.8. The van der Waals surface area contributed by atoms with Gasteiger partial charge in [-0.15, -0.1) is 0 Å². The minimum atomic E-state index is -1.06. The lowest BCUT2D eigenvalue weighted by Gasteiger charge is -2.35. The van der Waals surface area contributed by atoms with Crippen LogP contribution in [-0.4, -0.2) is 61.7 Å².